The molecule has 0 saturated heterocycles. The molecule has 19 heavy (non-hydrogen) atoms. The normalized spacial score (nSPS) is 15.7. The Hall–Kier alpha value is -1.88. The van der Waals surface area contributed by atoms with Crippen LogP contribution in [0.15, 0.2) is 18.2 Å². The number of rotatable bonds is 4. The highest BCUT2D eigenvalue weighted by Crippen LogP contribution is 2.45. The summed E-state index contributed by atoms with van der Waals surface area (Å²) in [7, 11) is 0. The molecule has 1 aromatic rings. The predicted molar refractivity (Wildman–Crippen MR) is 74.8 cm³/mol. The average molecular weight is 261 g/mol. The van der Waals surface area contributed by atoms with Gasteiger partial charge in [0.05, 0.1) is 5.41 Å². The van der Waals surface area contributed by atoms with Crippen LogP contribution in [0.25, 0.3) is 0 Å². The van der Waals surface area contributed by atoms with Crippen molar-refractivity contribution in [3.8, 4) is 0 Å². The lowest BCUT2D eigenvalue weighted by Crippen LogP contribution is -2.30. The van der Waals surface area contributed by atoms with Gasteiger partial charge in [-0.1, -0.05) is 6.07 Å². The molecule has 0 unspecified atom stereocenters. The molecule has 4 N–H and O–H groups in total. The van der Waals surface area contributed by atoms with Crippen LogP contribution in [0.5, 0.6) is 0 Å². The monoisotopic (exact) mass is 261 g/mol. The number of hydrogen-bond donors (Lipinski definition) is 3. The summed E-state index contributed by atoms with van der Waals surface area (Å²) in [6.45, 7) is 3.74. The van der Waals surface area contributed by atoms with Gasteiger partial charge in [0.1, 0.15) is 0 Å². The fourth-order valence-corrected chi connectivity index (χ4v) is 1.96. The third-order valence-corrected chi connectivity index (χ3v) is 3.53. The number of carbonyl (C=O) groups excluding carboxylic acids is 2. The minimum atomic E-state index is -0.376. The van der Waals surface area contributed by atoms with Crippen LogP contribution in [0.3, 0.4) is 0 Å². The van der Waals surface area contributed by atoms with E-state index >= 15 is 0 Å². The number of amides is 2. The molecule has 0 heterocycles. The molecular formula is C14H19N3O2. The van der Waals surface area contributed by atoms with Crippen molar-refractivity contribution in [2.45, 2.75) is 26.7 Å². The van der Waals surface area contributed by atoms with E-state index in [1.165, 1.54) is 6.92 Å². The highest BCUT2D eigenvalue weighted by Gasteiger charge is 2.48. The molecule has 0 spiro atoms. The Morgan fingerprint density at radius 2 is 2.00 bits per heavy atom. The van der Waals surface area contributed by atoms with E-state index in [9.17, 15) is 9.59 Å². The standard InChI is InChI=1S/C14H19N3O2/c1-9-3-4-11(7-12(9)16-10(2)18)17-13(19)14(8-15)5-6-14/h3-4,7H,5-6,8,15H2,1-2H3,(H,16,18)(H,17,19). The maximum absolute atomic E-state index is 12.1. The molecule has 2 amide bonds. The minimum absolute atomic E-state index is 0.0346. The number of benzene rings is 1. The number of nitrogens with one attached hydrogen (secondary N) is 2. The van der Waals surface area contributed by atoms with Crippen molar-refractivity contribution < 1.29 is 9.59 Å². The Morgan fingerprint density at radius 1 is 1.32 bits per heavy atom. The van der Waals surface area contributed by atoms with E-state index in [1.807, 2.05) is 19.1 Å². The lowest BCUT2D eigenvalue weighted by molar-refractivity contribution is -0.120. The molecule has 102 valence electrons. The fourth-order valence-electron chi connectivity index (χ4n) is 1.96. The Balaban J connectivity index is 2.13. The summed E-state index contributed by atoms with van der Waals surface area (Å²) in [5.74, 6) is -0.167. The lowest BCUT2D eigenvalue weighted by atomic mass is 10.1. The first-order valence-electron chi connectivity index (χ1n) is 6.37. The minimum Gasteiger partial charge on any atom is -0.329 e. The van der Waals surface area contributed by atoms with Crippen LogP contribution in [0.1, 0.15) is 25.3 Å². The van der Waals surface area contributed by atoms with Crippen molar-refractivity contribution in [1.29, 1.82) is 0 Å². The zero-order valence-electron chi connectivity index (χ0n) is 11.2. The van der Waals surface area contributed by atoms with Gasteiger partial charge in [-0.25, -0.2) is 0 Å². The van der Waals surface area contributed by atoms with E-state index in [0.717, 1.165) is 18.4 Å². The molecule has 1 aliphatic carbocycles. The summed E-state index contributed by atoms with van der Waals surface area (Å²) in [6, 6.07) is 5.45. The van der Waals surface area contributed by atoms with Crippen LogP contribution in [0.2, 0.25) is 0 Å². The summed E-state index contributed by atoms with van der Waals surface area (Å²) < 4.78 is 0. The zero-order valence-corrected chi connectivity index (χ0v) is 11.2. The largest absolute Gasteiger partial charge is 0.329 e. The number of carbonyl (C=O) groups is 2. The zero-order chi connectivity index (χ0) is 14.0. The molecule has 1 fully saturated rings. The topological polar surface area (TPSA) is 84.2 Å². The van der Waals surface area contributed by atoms with Crippen molar-refractivity contribution in [2.75, 3.05) is 17.2 Å². The molecule has 1 aromatic carbocycles. The third kappa shape index (κ3) is 2.93. The summed E-state index contributed by atoms with van der Waals surface area (Å²) >= 11 is 0. The Morgan fingerprint density at radius 3 is 2.53 bits per heavy atom. The van der Waals surface area contributed by atoms with E-state index in [-0.39, 0.29) is 17.2 Å². The van der Waals surface area contributed by atoms with Gasteiger partial charge in [0.2, 0.25) is 11.8 Å². The van der Waals surface area contributed by atoms with E-state index < -0.39 is 0 Å². The van der Waals surface area contributed by atoms with Gasteiger partial charge in [0.15, 0.2) is 0 Å². The molecular weight excluding hydrogens is 242 g/mol. The van der Waals surface area contributed by atoms with E-state index in [2.05, 4.69) is 10.6 Å². The van der Waals surface area contributed by atoms with E-state index in [1.54, 1.807) is 6.07 Å². The molecule has 5 nitrogen and oxygen atoms in total. The second-order valence-corrected chi connectivity index (χ2v) is 5.15. The molecule has 0 bridgehead atoms. The highest BCUT2D eigenvalue weighted by atomic mass is 16.2. The first-order chi connectivity index (χ1) is 8.97. The van der Waals surface area contributed by atoms with Gasteiger partial charge >= 0.3 is 0 Å². The van der Waals surface area contributed by atoms with Crippen LogP contribution < -0.4 is 16.4 Å². The van der Waals surface area contributed by atoms with Gasteiger partial charge in [0.25, 0.3) is 0 Å². The number of nitrogens with two attached hydrogens (primary N) is 1. The first kappa shape index (κ1) is 13.5. The molecule has 5 heteroatoms. The van der Waals surface area contributed by atoms with Crippen LogP contribution in [0, 0.1) is 12.3 Å². The summed E-state index contributed by atoms with van der Waals surface area (Å²) in [4.78, 5) is 23.2. The third-order valence-electron chi connectivity index (χ3n) is 3.53. The van der Waals surface area contributed by atoms with Gasteiger partial charge in [0, 0.05) is 24.8 Å². The summed E-state index contributed by atoms with van der Waals surface area (Å²) in [6.07, 6.45) is 1.69. The van der Waals surface area contributed by atoms with Gasteiger partial charge in [-0.05, 0) is 37.5 Å². The van der Waals surface area contributed by atoms with Crippen molar-refractivity contribution in [2.24, 2.45) is 11.1 Å². The highest BCUT2D eigenvalue weighted by molar-refractivity contribution is 5.98. The van der Waals surface area contributed by atoms with E-state index in [0.29, 0.717) is 17.9 Å². The number of anilines is 2. The smallest absolute Gasteiger partial charge is 0.231 e. The molecule has 0 aliphatic heterocycles. The summed E-state index contributed by atoms with van der Waals surface area (Å²) in [5.41, 5.74) is 7.59. The Labute approximate surface area is 112 Å². The van der Waals surface area contributed by atoms with Crippen LogP contribution in [0.4, 0.5) is 11.4 Å². The SMILES string of the molecule is CC(=O)Nc1cc(NC(=O)C2(CN)CC2)ccc1C. The molecule has 0 radical (unpaired) electrons. The van der Waals surface area contributed by atoms with Crippen molar-refractivity contribution in [3.05, 3.63) is 23.8 Å². The van der Waals surface area contributed by atoms with Gasteiger partial charge in [-0.3, -0.25) is 9.59 Å². The van der Waals surface area contributed by atoms with Crippen molar-refractivity contribution in [3.63, 3.8) is 0 Å². The van der Waals surface area contributed by atoms with Gasteiger partial charge in [-0.2, -0.15) is 0 Å². The second kappa shape index (κ2) is 5.01. The van der Waals surface area contributed by atoms with Gasteiger partial charge in [-0.15, -0.1) is 0 Å². The lowest BCUT2D eigenvalue weighted by Gasteiger charge is -2.14. The number of hydrogen-bond acceptors (Lipinski definition) is 3. The fraction of sp³-hybridized carbons (Fsp3) is 0.429. The molecule has 1 aliphatic rings. The molecule has 1 saturated carbocycles. The first-order valence-corrected chi connectivity index (χ1v) is 6.37. The average Bonchev–Trinajstić information content (AvgIpc) is 3.13. The molecule has 2 rings (SSSR count). The molecule has 0 aromatic heterocycles. The maximum Gasteiger partial charge on any atom is 0.231 e. The number of aryl methyl sites for hydroxylation is 1. The quantitative estimate of drug-likeness (QED) is 0.770. The van der Waals surface area contributed by atoms with Crippen LogP contribution in [-0.4, -0.2) is 18.4 Å². The Bertz CT molecular complexity index is 521. The summed E-state index contributed by atoms with van der Waals surface area (Å²) in [5, 5.41) is 5.61. The second-order valence-electron chi connectivity index (χ2n) is 5.15. The Kier molecular flexibility index (Phi) is 3.57. The van der Waals surface area contributed by atoms with Crippen molar-refractivity contribution in [1.82, 2.24) is 0 Å². The maximum atomic E-state index is 12.1. The van der Waals surface area contributed by atoms with Crippen LogP contribution >= 0.6 is 0 Å². The van der Waals surface area contributed by atoms with Crippen LogP contribution in [-0.2, 0) is 9.59 Å². The van der Waals surface area contributed by atoms with E-state index in [4.69, 9.17) is 5.73 Å². The molecule has 0 atom stereocenters. The van der Waals surface area contributed by atoms with Crippen molar-refractivity contribution >= 4 is 23.2 Å². The predicted octanol–water partition coefficient (Wildman–Crippen LogP) is 1.63. The van der Waals surface area contributed by atoms with Gasteiger partial charge < -0.3 is 16.4 Å².